The van der Waals surface area contributed by atoms with E-state index >= 15 is 0 Å². The molecule has 3 rings (SSSR count). The van der Waals surface area contributed by atoms with Crippen molar-refractivity contribution in [2.45, 2.75) is 70.7 Å². The molecule has 0 aliphatic carbocycles. The lowest BCUT2D eigenvalue weighted by molar-refractivity contribution is -0.347. The Morgan fingerprint density at radius 3 is 2.37 bits per heavy atom. The summed E-state index contributed by atoms with van der Waals surface area (Å²) >= 11 is 0.754. The summed E-state index contributed by atoms with van der Waals surface area (Å²) in [6.07, 6.45) is -7.12. The molecule has 2 amide bonds. The Balaban J connectivity index is 1.49. The molecule has 1 aliphatic heterocycles. The quantitative estimate of drug-likeness (QED) is 0.0360. The molecule has 2 aromatic rings. The van der Waals surface area contributed by atoms with Gasteiger partial charge in [0.1, 0.15) is 42.2 Å². The number of imidazole rings is 1. The Labute approximate surface area is 327 Å². The number of anilines is 1. The van der Waals surface area contributed by atoms with Crippen LogP contribution in [0, 0.1) is 11.3 Å². The number of ether oxygens (including phenoxy) is 1. The second kappa shape index (κ2) is 20.3. The van der Waals surface area contributed by atoms with Crippen LogP contribution < -0.4 is 35.9 Å². The maximum atomic E-state index is 12.5. The number of hydrogen-bond donors (Lipinski definition) is 6. The van der Waals surface area contributed by atoms with Gasteiger partial charge in [-0.05, 0) is 6.42 Å². The van der Waals surface area contributed by atoms with Crippen LogP contribution in [-0.2, 0) is 55.5 Å². The van der Waals surface area contributed by atoms with Gasteiger partial charge in [0.25, 0.3) is 15.6 Å². The minimum atomic E-state index is -5.94. The van der Waals surface area contributed by atoms with Crippen molar-refractivity contribution in [1.82, 2.24) is 30.2 Å². The molecule has 8 unspecified atom stereocenters. The van der Waals surface area contributed by atoms with E-state index in [0.29, 0.717) is 6.42 Å². The van der Waals surface area contributed by atoms with Crippen LogP contribution in [0.15, 0.2) is 12.7 Å². The zero-order valence-electron chi connectivity index (χ0n) is 30.3. The van der Waals surface area contributed by atoms with Crippen molar-refractivity contribution in [2.75, 3.05) is 37.8 Å². The topological polar surface area (TPSA) is 412 Å². The standard InChI is InChI=1S/C27H44N7O19P3S/c1-4-5-14(25(39)40)26(41)57-9-8-29-16(35)6-7-30-23(38)20(37)27(2,3)11-50-56(47,48)53-55(45,46)49-10-15-19(52-54(42,43)44)18(36)24(51-15)34-13-33-17-21(28)31-12-32-22(17)34/h12-15,18-20,24,36-37H,4-11H2,1-3H3,(H,29,35)(H,30,38)(H,39,40)(H,45,46)(H,47,48)(H2,28,31,32)(H2,42,43,44)/p-4. The predicted octanol–water partition coefficient (Wildman–Crippen LogP) is -3.36. The van der Waals surface area contributed by atoms with Gasteiger partial charge in [0, 0.05) is 30.7 Å². The van der Waals surface area contributed by atoms with Crippen molar-refractivity contribution < 1.29 is 90.4 Å². The zero-order chi connectivity index (χ0) is 42.9. The van der Waals surface area contributed by atoms with Crippen LogP contribution in [0.4, 0.5) is 5.82 Å². The number of aliphatic carboxylic acids is 1. The van der Waals surface area contributed by atoms with E-state index in [0.717, 1.165) is 29.0 Å². The van der Waals surface area contributed by atoms with Gasteiger partial charge in [-0.25, -0.2) is 19.3 Å². The number of carbonyl (C=O) groups is 4. The number of aliphatic hydroxyl groups is 2. The molecule has 0 saturated carbocycles. The summed E-state index contributed by atoms with van der Waals surface area (Å²) in [5, 5.41) is 34.6. The average molecular weight is 892 g/mol. The summed E-state index contributed by atoms with van der Waals surface area (Å²) in [6.45, 7) is 1.48. The molecule has 26 nitrogen and oxygen atoms in total. The number of nitrogen functional groups attached to an aromatic ring is 1. The van der Waals surface area contributed by atoms with Crippen molar-refractivity contribution in [3.05, 3.63) is 12.7 Å². The Morgan fingerprint density at radius 2 is 1.74 bits per heavy atom. The first kappa shape index (κ1) is 48.4. The number of phosphoric ester groups is 3. The van der Waals surface area contributed by atoms with Gasteiger partial charge in [0.05, 0.1) is 27.4 Å². The van der Waals surface area contributed by atoms with Gasteiger partial charge in [0.2, 0.25) is 16.9 Å². The maximum Gasteiger partial charge on any atom is 0.314 e. The second-order valence-corrected chi connectivity index (χ2v) is 18.0. The summed E-state index contributed by atoms with van der Waals surface area (Å²) in [7, 11) is -17.7. The number of aliphatic hydroxyl groups excluding tert-OH is 2. The van der Waals surface area contributed by atoms with Gasteiger partial charge in [0.15, 0.2) is 17.7 Å². The highest BCUT2D eigenvalue weighted by Crippen LogP contribution is 2.56. The van der Waals surface area contributed by atoms with Gasteiger partial charge >= 0.3 is 5.97 Å². The molecule has 1 saturated heterocycles. The third kappa shape index (κ3) is 14.4. The SMILES string of the molecule is CCCC(C(=O)O)C(=O)SCCNC(=O)CCNC(=O)C(O)C(C)(C)COP(=O)([O-])OP(=O)([O-])OCC1OC(n2cnc3c(N)ncnc32)C(O)C1OP(=O)([O-])[O-]. The smallest absolute Gasteiger partial charge is 0.314 e. The highest BCUT2D eigenvalue weighted by Gasteiger charge is 2.47. The number of hydrogen-bond acceptors (Lipinski definition) is 23. The maximum absolute atomic E-state index is 12.5. The van der Waals surface area contributed by atoms with Crippen LogP contribution >= 0.6 is 35.2 Å². The van der Waals surface area contributed by atoms with Gasteiger partial charge in [-0.3, -0.25) is 32.9 Å². The van der Waals surface area contributed by atoms with Gasteiger partial charge in [-0.2, -0.15) is 0 Å². The molecule has 3 heterocycles. The Bertz CT molecular complexity index is 1900. The monoisotopic (exact) mass is 891 g/mol. The van der Waals surface area contributed by atoms with Crippen LogP contribution in [0.5, 0.6) is 0 Å². The van der Waals surface area contributed by atoms with Gasteiger partial charge in [-0.1, -0.05) is 39.0 Å². The number of thioether (sulfide) groups is 1. The van der Waals surface area contributed by atoms with Crippen LogP contribution in [0.2, 0.25) is 0 Å². The average Bonchev–Trinajstić information content (AvgIpc) is 3.66. The molecular formula is C27H40N7O19P3S-4. The highest BCUT2D eigenvalue weighted by atomic mass is 32.2. The summed E-state index contributed by atoms with van der Waals surface area (Å²) in [5.41, 5.74) is 4.00. The molecule has 0 spiro atoms. The first-order chi connectivity index (χ1) is 26.4. The molecule has 1 fully saturated rings. The van der Waals surface area contributed by atoms with Crippen molar-refractivity contribution in [1.29, 1.82) is 0 Å². The number of carboxylic acid groups (broad SMARTS) is 1. The molecule has 7 N–H and O–H groups in total. The number of nitrogens with one attached hydrogen (secondary N) is 2. The lowest BCUT2D eigenvalue weighted by Crippen LogP contribution is -2.46. The number of amides is 2. The predicted molar refractivity (Wildman–Crippen MR) is 184 cm³/mol. The normalized spacial score (nSPS) is 22.0. The largest absolute Gasteiger partial charge is 0.790 e. The fourth-order valence-electron chi connectivity index (χ4n) is 4.99. The molecule has 1 aliphatic rings. The number of nitrogens with two attached hydrogens (primary N) is 1. The number of phosphoric acid groups is 3. The summed E-state index contributed by atoms with van der Waals surface area (Å²) in [6, 6.07) is 0. The number of nitrogens with zero attached hydrogens (tertiary/aromatic N) is 4. The number of carbonyl (C=O) groups excluding carboxylic acids is 3. The fourth-order valence-corrected chi connectivity index (χ4v) is 8.55. The second-order valence-electron chi connectivity index (χ2n) is 12.8. The van der Waals surface area contributed by atoms with E-state index in [2.05, 4.69) is 43.5 Å². The molecule has 0 aromatic carbocycles. The number of fused-ring (bicyclic) bond motifs is 1. The van der Waals surface area contributed by atoms with E-state index in [-0.39, 0.29) is 48.7 Å². The van der Waals surface area contributed by atoms with Crippen LogP contribution in [-0.4, -0.2) is 114 Å². The number of aromatic nitrogens is 4. The van der Waals surface area contributed by atoms with E-state index < -0.39 is 102 Å². The van der Waals surface area contributed by atoms with Crippen molar-refractivity contribution in [3.8, 4) is 0 Å². The minimum Gasteiger partial charge on any atom is -0.790 e. The number of rotatable bonds is 23. The first-order valence-electron chi connectivity index (χ1n) is 16.6. The van der Waals surface area contributed by atoms with Crippen LogP contribution in [0.25, 0.3) is 11.2 Å². The van der Waals surface area contributed by atoms with E-state index in [1.807, 2.05) is 0 Å². The van der Waals surface area contributed by atoms with Gasteiger partial charge < -0.3 is 74.1 Å². The van der Waals surface area contributed by atoms with Crippen molar-refractivity contribution >= 4 is 75.1 Å². The molecule has 0 bridgehead atoms. The summed E-state index contributed by atoms with van der Waals surface area (Å²) < 4.78 is 60.4. The lowest BCUT2D eigenvalue weighted by atomic mass is 9.87. The van der Waals surface area contributed by atoms with Gasteiger partial charge in [-0.15, -0.1) is 0 Å². The zero-order valence-corrected chi connectivity index (χ0v) is 33.8. The summed E-state index contributed by atoms with van der Waals surface area (Å²) in [4.78, 5) is 107. The molecule has 57 heavy (non-hydrogen) atoms. The van der Waals surface area contributed by atoms with Crippen molar-refractivity contribution in [2.24, 2.45) is 11.3 Å². The summed E-state index contributed by atoms with van der Waals surface area (Å²) in [5.74, 6) is -4.00. The molecule has 2 aromatic heterocycles. The Morgan fingerprint density at radius 1 is 1.07 bits per heavy atom. The molecule has 30 heteroatoms. The molecular weight excluding hydrogens is 851 g/mol. The fraction of sp³-hybridized carbons (Fsp3) is 0.667. The van der Waals surface area contributed by atoms with Crippen molar-refractivity contribution in [3.63, 3.8) is 0 Å². The highest BCUT2D eigenvalue weighted by molar-refractivity contribution is 8.13. The molecule has 8 atom stereocenters. The van der Waals surface area contributed by atoms with E-state index in [1.165, 1.54) is 13.8 Å². The Hall–Kier alpha value is -2.97. The minimum absolute atomic E-state index is 0.0164. The lowest BCUT2D eigenvalue weighted by Gasteiger charge is -2.36. The third-order valence-electron chi connectivity index (χ3n) is 7.88. The van der Waals surface area contributed by atoms with E-state index in [1.54, 1.807) is 6.92 Å². The molecule has 322 valence electrons. The van der Waals surface area contributed by atoms with Crippen LogP contribution in [0.1, 0.15) is 46.3 Å². The number of carboxylic acids is 1. The molecule has 0 radical (unpaired) electrons. The third-order valence-corrected chi connectivity index (χ3v) is 11.9. The van der Waals surface area contributed by atoms with E-state index in [4.69, 9.17) is 15.6 Å². The first-order valence-corrected chi connectivity index (χ1v) is 22.0. The van der Waals surface area contributed by atoms with E-state index in [9.17, 15) is 62.7 Å². The van der Waals surface area contributed by atoms with Crippen LogP contribution in [0.3, 0.4) is 0 Å². The Kier molecular flexibility index (Phi) is 17.3.